The number of nitro groups is 1. The van der Waals surface area contributed by atoms with Crippen molar-refractivity contribution in [2.45, 2.75) is 45.2 Å². The summed E-state index contributed by atoms with van der Waals surface area (Å²) in [6, 6.07) is 2.60. The molecule has 0 bridgehead atoms. The Labute approximate surface area is 116 Å². The Morgan fingerprint density at radius 2 is 2.00 bits per heavy atom. The number of carboxylic acids is 1. The van der Waals surface area contributed by atoms with Crippen molar-refractivity contribution in [1.82, 2.24) is 4.98 Å². The van der Waals surface area contributed by atoms with E-state index in [1.54, 1.807) is 0 Å². The predicted octanol–water partition coefficient (Wildman–Crippen LogP) is 2.46. The Morgan fingerprint density at radius 1 is 1.40 bits per heavy atom. The summed E-state index contributed by atoms with van der Waals surface area (Å²) in [6.07, 6.45) is 2.90. The first-order chi connectivity index (χ1) is 9.41. The molecule has 0 aromatic carbocycles. The van der Waals surface area contributed by atoms with Gasteiger partial charge in [0.2, 0.25) is 5.82 Å². The molecule has 2 atom stereocenters. The number of aromatic nitrogens is 1. The Hall–Kier alpha value is -2.18. The van der Waals surface area contributed by atoms with Gasteiger partial charge in [-0.2, -0.15) is 0 Å². The molecule has 1 aliphatic heterocycles. The summed E-state index contributed by atoms with van der Waals surface area (Å²) >= 11 is 0. The van der Waals surface area contributed by atoms with Crippen LogP contribution in [-0.2, 0) is 0 Å². The molecule has 2 unspecified atom stereocenters. The number of carbonyl (C=O) groups is 1. The molecular weight excluding hydrogens is 262 g/mol. The molecule has 0 radical (unpaired) electrons. The molecule has 2 rings (SSSR count). The van der Waals surface area contributed by atoms with Crippen molar-refractivity contribution in [3.05, 3.63) is 27.9 Å². The number of anilines is 1. The van der Waals surface area contributed by atoms with Crippen molar-refractivity contribution in [3.63, 3.8) is 0 Å². The highest BCUT2D eigenvalue weighted by molar-refractivity contribution is 5.86. The summed E-state index contributed by atoms with van der Waals surface area (Å²) < 4.78 is 0. The van der Waals surface area contributed by atoms with Crippen molar-refractivity contribution in [1.29, 1.82) is 0 Å². The van der Waals surface area contributed by atoms with Crippen LogP contribution in [0.4, 0.5) is 11.5 Å². The van der Waals surface area contributed by atoms with E-state index in [0.717, 1.165) is 19.3 Å². The van der Waals surface area contributed by atoms with Gasteiger partial charge in [-0.15, -0.1) is 0 Å². The van der Waals surface area contributed by atoms with Crippen molar-refractivity contribution in [2.24, 2.45) is 0 Å². The van der Waals surface area contributed by atoms with Crippen LogP contribution in [0.2, 0.25) is 0 Å². The summed E-state index contributed by atoms with van der Waals surface area (Å²) in [6.45, 7) is 3.96. The van der Waals surface area contributed by atoms with E-state index in [9.17, 15) is 14.9 Å². The topological polar surface area (TPSA) is 96.6 Å². The van der Waals surface area contributed by atoms with Crippen LogP contribution in [0.1, 0.15) is 43.6 Å². The van der Waals surface area contributed by atoms with Crippen LogP contribution < -0.4 is 4.90 Å². The van der Waals surface area contributed by atoms with E-state index < -0.39 is 10.9 Å². The van der Waals surface area contributed by atoms with Crippen molar-refractivity contribution in [2.75, 3.05) is 4.90 Å². The lowest BCUT2D eigenvalue weighted by molar-refractivity contribution is -0.384. The number of aromatic carboxylic acids is 1. The molecule has 0 saturated carbocycles. The zero-order valence-electron chi connectivity index (χ0n) is 11.4. The summed E-state index contributed by atoms with van der Waals surface area (Å²) in [5.41, 5.74) is -0.314. The third-order valence-electron chi connectivity index (χ3n) is 3.71. The molecule has 20 heavy (non-hydrogen) atoms. The molecule has 1 aromatic heterocycles. The number of rotatable bonds is 3. The number of nitrogens with zero attached hydrogens (tertiary/aromatic N) is 3. The fraction of sp³-hybridized carbons (Fsp3) is 0.538. The molecule has 7 nitrogen and oxygen atoms in total. The van der Waals surface area contributed by atoms with Gasteiger partial charge in [-0.25, -0.2) is 9.78 Å². The van der Waals surface area contributed by atoms with Gasteiger partial charge in [0.25, 0.3) is 0 Å². The molecule has 108 valence electrons. The van der Waals surface area contributed by atoms with Crippen LogP contribution in [0.3, 0.4) is 0 Å². The van der Waals surface area contributed by atoms with Crippen LogP contribution in [0.5, 0.6) is 0 Å². The number of pyridine rings is 1. The summed E-state index contributed by atoms with van der Waals surface area (Å²) in [5.74, 6) is -1.02. The highest BCUT2D eigenvalue weighted by Gasteiger charge is 2.32. The van der Waals surface area contributed by atoms with Gasteiger partial charge in [0.05, 0.1) is 4.92 Å². The minimum Gasteiger partial charge on any atom is -0.477 e. The van der Waals surface area contributed by atoms with E-state index in [0.29, 0.717) is 0 Å². The SMILES string of the molecule is CC1CCCC(C)N1c1nc(C(=O)O)ccc1[N+](=O)[O-]. The van der Waals surface area contributed by atoms with E-state index in [-0.39, 0.29) is 29.3 Å². The van der Waals surface area contributed by atoms with Crippen molar-refractivity contribution >= 4 is 17.5 Å². The zero-order chi connectivity index (χ0) is 14.9. The smallest absolute Gasteiger partial charge is 0.354 e. The second kappa shape index (κ2) is 5.44. The first-order valence-corrected chi connectivity index (χ1v) is 6.59. The normalized spacial score (nSPS) is 22.6. The van der Waals surface area contributed by atoms with Crippen LogP contribution in [0.15, 0.2) is 12.1 Å². The van der Waals surface area contributed by atoms with Gasteiger partial charge in [-0.1, -0.05) is 0 Å². The van der Waals surface area contributed by atoms with Gasteiger partial charge in [0, 0.05) is 18.2 Å². The molecule has 0 spiro atoms. The molecule has 1 aromatic rings. The van der Waals surface area contributed by atoms with E-state index in [1.165, 1.54) is 12.1 Å². The second-order valence-corrected chi connectivity index (χ2v) is 5.14. The lowest BCUT2D eigenvalue weighted by atomic mass is 9.97. The fourth-order valence-corrected chi connectivity index (χ4v) is 2.73. The lowest BCUT2D eigenvalue weighted by Gasteiger charge is -2.39. The first-order valence-electron chi connectivity index (χ1n) is 6.59. The molecule has 1 aliphatic rings. The van der Waals surface area contributed by atoms with Crippen LogP contribution in [-0.4, -0.2) is 33.1 Å². The highest BCUT2D eigenvalue weighted by Crippen LogP contribution is 2.34. The van der Waals surface area contributed by atoms with Gasteiger partial charge >= 0.3 is 11.7 Å². The Kier molecular flexibility index (Phi) is 3.87. The Balaban J connectivity index is 2.53. The summed E-state index contributed by atoms with van der Waals surface area (Å²) in [4.78, 5) is 27.5. The number of carboxylic acid groups (broad SMARTS) is 1. The van der Waals surface area contributed by atoms with E-state index in [4.69, 9.17) is 5.11 Å². The maximum Gasteiger partial charge on any atom is 0.354 e. The number of hydrogen-bond donors (Lipinski definition) is 1. The molecule has 2 heterocycles. The third-order valence-corrected chi connectivity index (χ3v) is 3.71. The van der Waals surface area contributed by atoms with Crippen molar-refractivity contribution in [3.8, 4) is 0 Å². The average Bonchev–Trinajstić information content (AvgIpc) is 2.38. The fourth-order valence-electron chi connectivity index (χ4n) is 2.73. The lowest BCUT2D eigenvalue weighted by Crippen LogP contribution is -2.44. The molecule has 0 amide bonds. The number of piperidine rings is 1. The predicted molar refractivity (Wildman–Crippen MR) is 73.1 cm³/mol. The Bertz CT molecular complexity index is 536. The van der Waals surface area contributed by atoms with E-state index in [1.807, 2.05) is 18.7 Å². The molecule has 1 N–H and O–H groups in total. The van der Waals surface area contributed by atoms with E-state index >= 15 is 0 Å². The van der Waals surface area contributed by atoms with Gasteiger partial charge in [-0.05, 0) is 39.2 Å². The monoisotopic (exact) mass is 279 g/mol. The maximum atomic E-state index is 11.2. The van der Waals surface area contributed by atoms with Gasteiger partial charge in [0.15, 0.2) is 5.69 Å². The quantitative estimate of drug-likeness (QED) is 0.674. The first kappa shape index (κ1) is 14.2. The van der Waals surface area contributed by atoms with Gasteiger partial charge in [0.1, 0.15) is 0 Å². The number of hydrogen-bond acceptors (Lipinski definition) is 5. The largest absolute Gasteiger partial charge is 0.477 e. The van der Waals surface area contributed by atoms with Crippen LogP contribution >= 0.6 is 0 Å². The molecule has 1 saturated heterocycles. The average molecular weight is 279 g/mol. The summed E-state index contributed by atoms with van der Waals surface area (Å²) in [5, 5.41) is 20.2. The minimum atomic E-state index is -1.18. The van der Waals surface area contributed by atoms with Crippen LogP contribution in [0, 0.1) is 10.1 Å². The molecule has 7 heteroatoms. The van der Waals surface area contributed by atoms with Crippen LogP contribution in [0.25, 0.3) is 0 Å². The molecule has 1 fully saturated rings. The zero-order valence-corrected chi connectivity index (χ0v) is 11.4. The molecular formula is C13H17N3O4. The highest BCUT2D eigenvalue weighted by atomic mass is 16.6. The standard InChI is InChI=1S/C13H17N3O4/c1-8-4-3-5-9(2)15(8)12-11(16(19)20)7-6-10(14-12)13(17)18/h6-9H,3-5H2,1-2H3,(H,17,18). The van der Waals surface area contributed by atoms with E-state index in [2.05, 4.69) is 4.98 Å². The van der Waals surface area contributed by atoms with Gasteiger partial charge < -0.3 is 10.0 Å². The minimum absolute atomic E-state index is 0.106. The Morgan fingerprint density at radius 3 is 2.50 bits per heavy atom. The van der Waals surface area contributed by atoms with Gasteiger partial charge in [-0.3, -0.25) is 10.1 Å². The molecule has 0 aliphatic carbocycles. The second-order valence-electron chi connectivity index (χ2n) is 5.14. The maximum absolute atomic E-state index is 11.2. The van der Waals surface area contributed by atoms with Crippen molar-refractivity contribution < 1.29 is 14.8 Å². The third kappa shape index (κ3) is 2.56. The summed E-state index contributed by atoms with van der Waals surface area (Å²) in [7, 11) is 0.